The molecule has 0 spiro atoms. The van der Waals surface area contributed by atoms with Crippen LogP contribution in [-0.2, 0) is 10.0 Å². The molecule has 1 aliphatic heterocycles. The van der Waals surface area contributed by atoms with Gasteiger partial charge in [-0.2, -0.15) is 4.31 Å². The third-order valence-corrected chi connectivity index (χ3v) is 10.7. The van der Waals surface area contributed by atoms with Crippen molar-refractivity contribution < 1.29 is 13.2 Å². The number of piperazine rings is 1. The maximum Gasteiger partial charge on any atom is 0.251 e. The van der Waals surface area contributed by atoms with E-state index in [4.69, 9.17) is 4.98 Å². The van der Waals surface area contributed by atoms with Gasteiger partial charge in [0.05, 0.1) is 15.1 Å². The van der Waals surface area contributed by atoms with Crippen LogP contribution in [0.1, 0.15) is 61.0 Å². The number of sulfonamides is 1. The van der Waals surface area contributed by atoms with Gasteiger partial charge >= 0.3 is 0 Å². The zero-order valence-electron chi connectivity index (χ0n) is 24.7. The fourth-order valence-corrected chi connectivity index (χ4v) is 7.48. The van der Waals surface area contributed by atoms with Crippen molar-refractivity contribution in [1.82, 2.24) is 19.5 Å². The Morgan fingerprint density at radius 2 is 1.61 bits per heavy atom. The van der Waals surface area contributed by atoms with E-state index in [0.717, 1.165) is 69.1 Å². The molecule has 0 radical (unpaired) electrons. The number of aryl methyl sites for hydroxylation is 2. The molecule has 1 fully saturated rings. The lowest BCUT2D eigenvalue weighted by Crippen LogP contribution is -2.48. The number of anilines is 1. The van der Waals surface area contributed by atoms with Crippen LogP contribution in [-0.4, -0.2) is 80.9 Å². The van der Waals surface area contributed by atoms with Crippen LogP contribution in [0, 0.1) is 13.8 Å². The summed E-state index contributed by atoms with van der Waals surface area (Å²) in [5.74, 6) is -0.184. The van der Waals surface area contributed by atoms with Crippen LogP contribution in [0.2, 0.25) is 0 Å². The first-order chi connectivity index (χ1) is 19.2. The highest BCUT2D eigenvalue weighted by molar-refractivity contribution is 7.89. The van der Waals surface area contributed by atoms with Crippen molar-refractivity contribution in [1.29, 1.82) is 0 Å². The summed E-state index contributed by atoms with van der Waals surface area (Å²) in [5, 5.41) is 4.08. The second kappa shape index (κ2) is 15.3. The Labute approximate surface area is 255 Å². The highest BCUT2D eigenvalue weighted by atomic mass is 35.5. The average Bonchev–Trinajstić information content (AvgIpc) is 3.40. The Hall–Kier alpha value is -2.24. The van der Waals surface area contributed by atoms with Crippen LogP contribution in [0.3, 0.4) is 0 Å². The Balaban J connectivity index is 0.00000462. The van der Waals surface area contributed by atoms with Gasteiger partial charge in [-0.1, -0.05) is 44.1 Å². The van der Waals surface area contributed by atoms with Crippen molar-refractivity contribution in [3.8, 4) is 0 Å². The van der Waals surface area contributed by atoms with Crippen LogP contribution in [0.5, 0.6) is 0 Å². The van der Waals surface area contributed by atoms with Crippen LogP contribution < -0.4 is 10.2 Å². The number of rotatable bonds is 13. The number of halogens is 1. The Kier molecular flexibility index (Phi) is 12.4. The van der Waals surface area contributed by atoms with Crippen LogP contribution >= 0.6 is 23.7 Å². The Morgan fingerprint density at radius 1 is 0.976 bits per heavy atom. The largest absolute Gasteiger partial charge is 0.351 e. The van der Waals surface area contributed by atoms with Crippen molar-refractivity contribution in [3.63, 3.8) is 0 Å². The second-order valence-electron chi connectivity index (χ2n) is 10.6. The SMILES string of the molecule is CCCCN(CCCC)S(=O)(=O)c1ccc(C(=O)NCCN2CCN(c3nc4c(C)c(C)ccc4s3)CC2)cc1.Cl. The summed E-state index contributed by atoms with van der Waals surface area (Å²) in [7, 11) is -3.57. The molecule has 2 aromatic carbocycles. The summed E-state index contributed by atoms with van der Waals surface area (Å²) in [6, 6.07) is 10.7. The Morgan fingerprint density at radius 3 is 2.22 bits per heavy atom. The molecule has 1 amide bonds. The lowest BCUT2D eigenvalue weighted by Gasteiger charge is -2.34. The number of hydrogen-bond donors (Lipinski definition) is 1. The summed E-state index contributed by atoms with van der Waals surface area (Å²) in [5.41, 5.74) is 4.11. The summed E-state index contributed by atoms with van der Waals surface area (Å²) < 4.78 is 29.2. The summed E-state index contributed by atoms with van der Waals surface area (Å²) in [6.45, 7) is 14.4. The maximum absolute atomic E-state index is 13.2. The van der Waals surface area contributed by atoms with Crippen LogP contribution in [0.15, 0.2) is 41.3 Å². The molecule has 226 valence electrons. The first-order valence-electron chi connectivity index (χ1n) is 14.5. The topological polar surface area (TPSA) is 85.8 Å². The van der Waals surface area contributed by atoms with Crippen molar-refractivity contribution >= 4 is 55.0 Å². The standard InChI is InChI=1S/C30H43N5O3S2.ClH/c1-5-7-16-35(17-8-6-2)40(37,38)26-12-10-25(11-13-26)29(36)31-15-18-33-19-21-34(22-20-33)30-32-28-24(4)23(3)9-14-27(28)39-30;/h9-14H,5-8,15-22H2,1-4H3,(H,31,36);1H. The molecule has 4 rings (SSSR count). The first-order valence-corrected chi connectivity index (χ1v) is 16.7. The number of hydrogen-bond acceptors (Lipinski definition) is 7. The molecule has 2 heterocycles. The fourth-order valence-electron chi connectivity index (χ4n) is 4.89. The number of carbonyl (C=O) groups is 1. The number of unbranched alkanes of at least 4 members (excludes halogenated alkanes) is 2. The van der Waals surface area contributed by atoms with E-state index in [2.05, 4.69) is 54.9 Å². The molecule has 3 aromatic rings. The summed E-state index contributed by atoms with van der Waals surface area (Å²) >= 11 is 1.76. The number of fused-ring (bicyclic) bond motifs is 1. The lowest BCUT2D eigenvalue weighted by molar-refractivity contribution is 0.0947. The van der Waals surface area contributed by atoms with Gasteiger partial charge in [0.15, 0.2) is 5.13 Å². The predicted molar refractivity (Wildman–Crippen MR) is 172 cm³/mol. The molecule has 1 aliphatic rings. The molecule has 0 unspecified atom stereocenters. The van der Waals surface area contributed by atoms with E-state index in [0.29, 0.717) is 25.2 Å². The molecule has 0 saturated carbocycles. The minimum atomic E-state index is -3.57. The van der Waals surface area contributed by atoms with Gasteiger partial charge in [-0.05, 0) is 68.1 Å². The van der Waals surface area contributed by atoms with Crippen LogP contribution in [0.4, 0.5) is 5.13 Å². The van der Waals surface area contributed by atoms with Crippen molar-refractivity contribution in [2.75, 3.05) is 57.3 Å². The summed E-state index contributed by atoms with van der Waals surface area (Å²) in [6.07, 6.45) is 3.55. The van der Waals surface area contributed by atoms with E-state index in [1.807, 2.05) is 0 Å². The zero-order valence-corrected chi connectivity index (χ0v) is 27.1. The van der Waals surface area contributed by atoms with E-state index >= 15 is 0 Å². The third-order valence-electron chi connectivity index (χ3n) is 7.71. The molecule has 41 heavy (non-hydrogen) atoms. The Bertz CT molecular complexity index is 1380. The molecule has 0 bridgehead atoms. The van der Waals surface area contributed by atoms with Gasteiger partial charge < -0.3 is 10.2 Å². The predicted octanol–water partition coefficient (Wildman–Crippen LogP) is 5.48. The molecule has 11 heteroatoms. The number of thiazole rings is 1. The van der Waals surface area contributed by atoms with Gasteiger partial charge in [-0.3, -0.25) is 9.69 Å². The normalized spacial score (nSPS) is 14.4. The minimum Gasteiger partial charge on any atom is -0.351 e. The van der Waals surface area contributed by atoms with Crippen molar-refractivity contribution in [2.24, 2.45) is 0 Å². The van der Waals surface area contributed by atoms with Gasteiger partial charge in [0.1, 0.15) is 0 Å². The monoisotopic (exact) mass is 621 g/mol. The van der Waals surface area contributed by atoms with Gasteiger partial charge in [-0.25, -0.2) is 13.4 Å². The molecule has 1 saturated heterocycles. The second-order valence-corrected chi connectivity index (χ2v) is 13.5. The van der Waals surface area contributed by atoms with Gasteiger partial charge in [-0.15, -0.1) is 12.4 Å². The number of amides is 1. The molecule has 0 atom stereocenters. The molecule has 8 nitrogen and oxygen atoms in total. The lowest BCUT2D eigenvalue weighted by atomic mass is 10.1. The number of nitrogens with one attached hydrogen (secondary N) is 1. The highest BCUT2D eigenvalue weighted by Gasteiger charge is 2.24. The van der Waals surface area contributed by atoms with Crippen molar-refractivity contribution in [3.05, 3.63) is 53.1 Å². The molecular weight excluding hydrogens is 578 g/mol. The number of nitrogens with zero attached hydrogens (tertiary/aromatic N) is 4. The van der Waals surface area contributed by atoms with E-state index < -0.39 is 10.0 Å². The first kappa shape index (κ1) is 33.3. The maximum atomic E-state index is 13.2. The van der Waals surface area contributed by atoms with E-state index in [9.17, 15) is 13.2 Å². The minimum absolute atomic E-state index is 0. The van der Waals surface area contributed by atoms with E-state index in [1.54, 1.807) is 39.9 Å². The van der Waals surface area contributed by atoms with Gasteiger partial charge in [0.25, 0.3) is 5.91 Å². The smallest absolute Gasteiger partial charge is 0.251 e. The third kappa shape index (κ3) is 8.20. The molecular formula is C30H44ClN5O3S2. The van der Waals surface area contributed by atoms with E-state index in [-0.39, 0.29) is 23.2 Å². The van der Waals surface area contributed by atoms with Crippen molar-refractivity contribution in [2.45, 2.75) is 58.3 Å². The summed E-state index contributed by atoms with van der Waals surface area (Å²) in [4.78, 5) is 22.6. The highest BCUT2D eigenvalue weighted by Crippen LogP contribution is 2.32. The van der Waals surface area contributed by atoms with E-state index in [1.165, 1.54) is 15.8 Å². The number of carbonyl (C=O) groups excluding carboxylic acids is 1. The number of aromatic nitrogens is 1. The van der Waals surface area contributed by atoms with Gasteiger partial charge in [0, 0.05) is 57.9 Å². The molecule has 0 aliphatic carbocycles. The van der Waals surface area contributed by atoms with Gasteiger partial charge in [0.2, 0.25) is 10.0 Å². The molecule has 1 aromatic heterocycles. The van der Waals surface area contributed by atoms with Crippen LogP contribution in [0.25, 0.3) is 10.2 Å². The number of benzene rings is 2. The average molecular weight is 622 g/mol. The zero-order chi connectivity index (χ0) is 28.7. The quantitative estimate of drug-likeness (QED) is 0.272. The fraction of sp³-hybridized carbons (Fsp3) is 0.533. The molecule has 1 N–H and O–H groups in total.